The predicted octanol–water partition coefficient (Wildman–Crippen LogP) is 4.88. The standard InChI is InChI=1S/C22H26O4/c1-17-11-5-7-13-19(17)21(23)25-15-9-3-4-10-16-26-22(24)20-14-8-6-12-18(20)2/h5-8,11-14H,3-4,9-10,15-16H2,1-2H3. The molecule has 0 aliphatic heterocycles. The van der Waals surface area contributed by atoms with Crippen molar-refractivity contribution < 1.29 is 19.1 Å². The minimum Gasteiger partial charge on any atom is -0.462 e. The Hall–Kier alpha value is -2.62. The van der Waals surface area contributed by atoms with Gasteiger partial charge < -0.3 is 9.47 Å². The van der Waals surface area contributed by atoms with Crippen molar-refractivity contribution in [3.8, 4) is 0 Å². The van der Waals surface area contributed by atoms with Crippen LogP contribution in [-0.2, 0) is 9.47 Å². The van der Waals surface area contributed by atoms with Gasteiger partial charge in [0.2, 0.25) is 0 Å². The Morgan fingerprint density at radius 1 is 0.654 bits per heavy atom. The Labute approximate surface area is 155 Å². The van der Waals surface area contributed by atoms with E-state index in [9.17, 15) is 9.59 Å². The number of hydrogen-bond acceptors (Lipinski definition) is 4. The number of carbonyl (C=O) groups excluding carboxylic acids is 2. The highest BCUT2D eigenvalue weighted by molar-refractivity contribution is 5.91. The van der Waals surface area contributed by atoms with Crippen LogP contribution in [0.2, 0.25) is 0 Å². The molecule has 26 heavy (non-hydrogen) atoms. The lowest BCUT2D eigenvalue weighted by Crippen LogP contribution is -2.09. The number of aryl methyl sites for hydroxylation is 2. The van der Waals surface area contributed by atoms with Crippen LogP contribution in [-0.4, -0.2) is 25.2 Å². The minimum absolute atomic E-state index is 0.268. The molecule has 0 amide bonds. The van der Waals surface area contributed by atoms with Crippen molar-refractivity contribution in [1.29, 1.82) is 0 Å². The molecular weight excluding hydrogens is 328 g/mol. The molecule has 0 aliphatic carbocycles. The highest BCUT2D eigenvalue weighted by atomic mass is 16.5. The second-order valence-electron chi connectivity index (χ2n) is 6.32. The first-order valence-electron chi connectivity index (χ1n) is 9.05. The Balaban J connectivity index is 1.55. The van der Waals surface area contributed by atoms with Crippen molar-refractivity contribution in [2.75, 3.05) is 13.2 Å². The molecule has 2 rings (SSSR count). The van der Waals surface area contributed by atoms with Crippen LogP contribution in [0.1, 0.15) is 57.5 Å². The molecule has 0 fully saturated rings. The lowest BCUT2D eigenvalue weighted by atomic mass is 10.1. The third-order valence-electron chi connectivity index (χ3n) is 4.23. The van der Waals surface area contributed by atoms with Gasteiger partial charge in [-0.05, 0) is 62.8 Å². The molecule has 0 saturated heterocycles. The van der Waals surface area contributed by atoms with Crippen LogP contribution in [0.15, 0.2) is 48.5 Å². The van der Waals surface area contributed by atoms with E-state index in [0.717, 1.165) is 36.8 Å². The van der Waals surface area contributed by atoms with Gasteiger partial charge in [0.05, 0.1) is 24.3 Å². The number of hydrogen-bond donors (Lipinski definition) is 0. The van der Waals surface area contributed by atoms with Gasteiger partial charge >= 0.3 is 11.9 Å². The van der Waals surface area contributed by atoms with E-state index < -0.39 is 0 Å². The number of benzene rings is 2. The van der Waals surface area contributed by atoms with E-state index >= 15 is 0 Å². The maximum atomic E-state index is 12.0. The van der Waals surface area contributed by atoms with Crippen LogP contribution < -0.4 is 0 Å². The fraction of sp³-hybridized carbons (Fsp3) is 0.364. The average Bonchev–Trinajstić information content (AvgIpc) is 2.64. The first-order chi connectivity index (χ1) is 12.6. The summed E-state index contributed by atoms with van der Waals surface area (Å²) in [6.07, 6.45) is 3.48. The topological polar surface area (TPSA) is 52.6 Å². The maximum Gasteiger partial charge on any atom is 0.338 e. The van der Waals surface area contributed by atoms with Crippen molar-refractivity contribution in [1.82, 2.24) is 0 Å². The zero-order valence-corrected chi connectivity index (χ0v) is 15.5. The molecule has 0 unspecified atom stereocenters. The Kier molecular flexibility index (Phi) is 7.87. The maximum absolute atomic E-state index is 12.0. The van der Waals surface area contributed by atoms with Gasteiger partial charge in [0.25, 0.3) is 0 Å². The number of esters is 2. The summed E-state index contributed by atoms with van der Waals surface area (Å²) in [7, 11) is 0. The van der Waals surface area contributed by atoms with E-state index in [-0.39, 0.29) is 11.9 Å². The van der Waals surface area contributed by atoms with Crippen LogP contribution in [0.25, 0.3) is 0 Å². The van der Waals surface area contributed by atoms with Crippen molar-refractivity contribution in [3.05, 3.63) is 70.8 Å². The molecule has 0 N–H and O–H groups in total. The molecule has 0 heterocycles. The number of ether oxygens (including phenoxy) is 2. The summed E-state index contributed by atoms with van der Waals surface area (Å²) in [4.78, 5) is 23.9. The highest BCUT2D eigenvalue weighted by Crippen LogP contribution is 2.11. The first kappa shape index (κ1) is 19.7. The van der Waals surface area contributed by atoms with E-state index in [1.807, 2.05) is 50.2 Å². The quantitative estimate of drug-likeness (QED) is 0.476. The monoisotopic (exact) mass is 354 g/mol. The van der Waals surface area contributed by atoms with Crippen molar-refractivity contribution in [3.63, 3.8) is 0 Å². The number of carbonyl (C=O) groups is 2. The molecule has 4 nitrogen and oxygen atoms in total. The van der Waals surface area contributed by atoms with E-state index in [1.165, 1.54) is 0 Å². The van der Waals surface area contributed by atoms with Crippen LogP contribution >= 0.6 is 0 Å². The molecular formula is C22H26O4. The van der Waals surface area contributed by atoms with Crippen molar-refractivity contribution in [2.24, 2.45) is 0 Å². The van der Waals surface area contributed by atoms with Gasteiger partial charge in [0, 0.05) is 0 Å². The summed E-state index contributed by atoms with van der Waals surface area (Å²) in [5.74, 6) is -0.537. The molecule has 0 aliphatic rings. The van der Waals surface area contributed by atoms with Gasteiger partial charge in [0.15, 0.2) is 0 Å². The van der Waals surface area contributed by atoms with Crippen molar-refractivity contribution >= 4 is 11.9 Å². The Bertz CT molecular complexity index is 673. The van der Waals surface area contributed by atoms with Crippen LogP contribution in [0.4, 0.5) is 0 Å². The second kappa shape index (κ2) is 10.4. The summed E-state index contributed by atoms with van der Waals surface area (Å²) in [5, 5.41) is 0. The zero-order valence-electron chi connectivity index (χ0n) is 15.5. The van der Waals surface area contributed by atoms with Crippen molar-refractivity contribution in [2.45, 2.75) is 39.5 Å². The first-order valence-corrected chi connectivity index (χ1v) is 9.05. The second-order valence-corrected chi connectivity index (χ2v) is 6.32. The van der Waals surface area contributed by atoms with E-state index in [0.29, 0.717) is 24.3 Å². The van der Waals surface area contributed by atoms with E-state index in [1.54, 1.807) is 12.1 Å². The van der Waals surface area contributed by atoms with Crippen LogP contribution in [0.3, 0.4) is 0 Å². The van der Waals surface area contributed by atoms with E-state index in [4.69, 9.17) is 9.47 Å². The Morgan fingerprint density at radius 2 is 1.04 bits per heavy atom. The summed E-state index contributed by atoms with van der Waals surface area (Å²) < 4.78 is 10.6. The molecule has 0 bridgehead atoms. The molecule has 2 aromatic carbocycles. The molecule has 0 radical (unpaired) electrons. The molecule has 4 heteroatoms. The fourth-order valence-corrected chi connectivity index (χ4v) is 2.65. The summed E-state index contributed by atoms with van der Waals surface area (Å²) in [5.41, 5.74) is 3.09. The van der Waals surface area contributed by atoms with Gasteiger partial charge in [-0.3, -0.25) is 0 Å². The molecule has 0 saturated carbocycles. The molecule has 138 valence electrons. The normalized spacial score (nSPS) is 10.4. The predicted molar refractivity (Wildman–Crippen MR) is 101 cm³/mol. The van der Waals surface area contributed by atoms with Gasteiger partial charge in [-0.15, -0.1) is 0 Å². The van der Waals surface area contributed by atoms with Gasteiger partial charge in [-0.2, -0.15) is 0 Å². The SMILES string of the molecule is Cc1ccccc1C(=O)OCCCCCCOC(=O)c1ccccc1C. The highest BCUT2D eigenvalue weighted by Gasteiger charge is 2.10. The summed E-state index contributed by atoms with van der Waals surface area (Å²) >= 11 is 0. The van der Waals surface area contributed by atoms with E-state index in [2.05, 4.69) is 0 Å². The molecule has 0 aromatic heterocycles. The molecule has 2 aromatic rings. The van der Waals surface area contributed by atoms with Gasteiger partial charge in [-0.25, -0.2) is 9.59 Å². The van der Waals surface area contributed by atoms with Gasteiger partial charge in [0.1, 0.15) is 0 Å². The number of unbranched alkanes of at least 4 members (excludes halogenated alkanes) is 3. The smallest absolute Gasteiger partial charge is 0.338 e. The number of rotatable bonds is 9. The van der Waals surface area contributed by atoms with Crippen LogP contribution in [0.5, 0.6) is 0 Å². The lowest BCUT2D eigenvalue weighted by Gasteiger charge is -2.08. The zero-order chi connectivity index (χ0) is 18.8. The minimum atomic E-state index is -0.268. The summed E-state index contributed by atoms with van der Waals surface area (Å²) in [6, 6.07) is 14.8. The summed E-state index contributed by atoms with van der Waals surface area (Å²) in [6.45, 7) is 4.62. The third-order valence-corrected chi connectivity index (χ3v) is 4.23. The fourth-order valence-electron chi connectivity index (χ4n) is 2.65. The largest absolute Gasteiger partial charge is 0.462 e. The Morgan fingerprint density at radius 3 is 1.42 bits per heavy atom. The van der Waals surface area contributed by atoms with Gasteiger partial charge in [-0.1, -0.05) is 36.4 Å². The lowest BCUT2D eigenvalue weighted by molar-refractivity contribution is 0.0472. The third kappa shape index (κ3) is 6.03. The average molecular weight is 354 g/mol. The van der Waals surface area contributed by atoms with Crippen LogP contribution in [0, 0.1) is 13.8 Å². The molecule has 0 spiro atoms. The molecule has 0 atom stereocenters.